The van der Waals surface area contributed by atoms with Crippen LogP contribution >= 0.6 is 0 Å². The number of benzene rings is 1. The summed E-state index contributed by atoms with van der Waals surface area (Å²) in [4.78, 5) is 1.78. The quantitative estimate of drug-likeness (QED) is 0.841. The van der Waals surface area contributed by atoms with Gasteiger partial charge in [0, 0.05) is 24.3 Å². The monoisotopic (exact) mass is 291 g/mol. The van der Waals surface area contributed by atoms with Gasteiger partial charge in [0.25, 0.3) is 0 Å². The third kappa shape index (κ3) is 3.23. The maximum Gasteiger partial charge on any atom is 0.391 e. The minimum atomic E-state index is -4.15. The number of alkyl halides is 3. The van der Waals surface area contributed by atoms with Crippen molar-refractivity contribution in [1.82, 2.24) is 0 Å². The van der Waals surface area contributed by atoms with Crippen molar-refractivity contribution in [2.45, 2.75) is 32.0 Å². The van der Waals surface area contributed by atoms with Crippen molar-refractivity contribution in [3.63, 3.8) is 0 Å². The number of anilines is 1. The topological polar surface area (TPSA) is 23.5 Å². The molecule has 1 saturated heterocycles. The predicted molar refractivity (Wildman–Crippen MR) is 68.0 cm³/mol. The first-order chi connectivity index (χ1) is 9.29. The van der Waals surface area contributed by atoms with Crippen molar-refractivity contribution >= 4 is 5.69 Å². The van der Waals surface area contributed by atoms with Crippen LogP contribution in [0.5, 0.6) is 0 Å². The number of rotatable bonds is 2. The molecule has 1 aliphatic heterocycles. The van der Waals surface area contributed by atoms with Gasteiger partial charge in [0.05, 0.1) is 12.0 Å². The van der Waals surface area contributed by atoms with E-state index in [1.54, 1.807) is 4.90 Å². The fourth-order valence-corrected chi connectivity index (χ4v) is 2.60. The van der Waals surface area contributed by atoms with Crippen LogP contribution in [0.15, 0.2) is 18.2 Å². The second-order valence-corrected chi connectivity index (χ2v) is 5.18. The van der Waals surface area contributed by atoms with Gasteiger partial charge in [-0.2, -0.15) is 13.2 Å². The van der Waals surface area contributed by atoms with Crippen LogP contribution in [0, 0.1) is 11.7 Å². The van der Waals surface area contributed by atoms with Gasteiger partial charge in [-0.25, -0.2) is 4.39 Å². The summed E-state index contributed by atoms with van der Waals surface area (Å²) in [5, 5.41) is 9.67. The molecule has 0 amide bonds. The summed E-state index contributed by atoms with van der Waals surface area (Å²) in [6, 6.07) is 4.01. The van der Waals surface area contributed by atoms with Crippen LogP contribution in [-0.2, 0) is 0 Å². The van der Waals surface area contributed by atoms with Gasteiger partial charge in [0.1, 0.15) is 5.82 Å². The van der Waals surface area contributed by atoms with Gasteiger partial charge in [-0.1, -0.05) is 0 Å². The van der Waals surface area contributed by atoms with Gasteiger partial charge in [0.15, 0.2) is 0 Å². The van der Waals surface area contributed by atoms with Gasteiger partial charge in [0.2, 0.25) is 0 Å². The van der Waals surface area contributed by atoms with E-state index < -0.39 is 24.0 Å². The Labute approximate surface area is 115 Å². The molecule has 112 valence electrons. The van der Waals surface area contributed by atoms with Crippen molar-refractivity contribution in [1.29, 1.82) is 0 Å². The average molecular weight is 291 g/mol. The third-order valence-electron chi connectivity index (χ3n) is 3.74. The van der Waals surface area contributed by atoms with E-state index in [-0.39, 0.29) is 25.9 Å². The number of nitrogens with zero attached hydrogens (tertiary/aromatic N) is 1. The van der Waals surface area contributed by atoms with Crippen molar-refractivity contribution < 1.29 is 22.7 Å². The fourth-order valence-electron chi connectivity index (χ4n) is 2.60. The molecule has 2 rings (SSSR count). The van der Waals surface area contributed by atoms with Crippen LogP contribution in [0.1, 0.15) is 31.4 Å². The van der Waals surface area contributed by atoms with Crippen LogP contribution in [0.2, 0.25) is 0 Å². The predicted octanol–water partition coefficient (Wildman–Crippen LogP) is 3.66. The Bertz CT molecular complexity index is 465. The smallest absolute Gasteiger partial charge is 0.389 e. The molecule has 0 saturated carbocycles. The summed E-state index contributed by atoms with van der Waals surface area (Å²) in [6.45, 7) is 2.03. The standard InChI is InChI=1S/C14H17F4NO/c1-9(20)12-8-11(15)2-3-13(12)19-6-4-10(5-7-19)14(16,17)18/h2-3,8-10,20H,4-7H2,1H3/t9-/m1/s1. The SMILES string of the molecule is C[C@@H](O)c1cc(F)ccc1N1CCC(C(F)(F)F)CC1. The molecule has 0 unspecified atom stereocenters. The second kappa shape index (κ2) is 5.60. The van der Waals surface area contributed by atoms with E-state index >= 15 is 0 Å². The molecule has 1 atom stereocenters. The molecule has 1 heterocycles. The van der Waals surface area contributed by atoms with Crippen molar-refractivity contribution in [3.05, 3.63) is 29.6 Å². The molecule has 1 N–H and O–H groups in total. The molecular weight excluding hydrogens is 274 g/mol. The molecule has 1 aliphatic rings. The number of hydrogen-bond acceptors (Lipinski definition) is 2. The molecule has 0 spiro atoms. The minimum Gasteiger partial charge on any atom is -0.389 e. The number of aliphatic hydroxyl groups is 1. The van der Waals surface area contributed by atoms with Crippen LogP contribution < -0.4 is 4.90 Å². The Morgan fingerprint density at radius 1 is 1.25 bits per heavy atom. The molecule has 0 aromatic heterocycles. The normalized spacial score (nSPS) is 19.2. The van der Waals surface area contributed by atoms with E-state index in [0.29, 0.717) is 11.3 Å². The lowest BCUT2D eigenvalue weighted by Crippen LogP contribution is -2.39. The van der Waals surface area contributed by atoms with Gasteiger partial charge in [-0.3, -0.25) is 0 Å². The number of halogens is 4. The average Bonchev–Trinajstić information content (AvgIpc) is 2.37. The van der Waals surface area contributed by atoms with E-state index in [2.05, 4.69) is 0 Å². The molecular formula is C14H17F4NO. The maximum atomic E-state index is 13.2. The van der Waals surface area contributed by atoms with Gasteiger partial charge >= 0.3 is 6.18 Å². The van der Waals surface area contributed by atoms with Crippen LogP contribution in [0.4, 0.5) is 23.2 Å². The Morgan fingerprint density at radius 3 is 2.35 bits per heavy atom. The number of hydrogen-bond donors (Lipinski definition) is 1. The second-order valence-electron chi connectivity index (χ2n) is 5.18. The lowest BCUT2D eigenvalue weighted by atomic mass is 9.95. The fraction of sp³-hybridized carbons (Fsp3) is 0.571. The zero-order valence-electron chi connectivity index (χ0n) is 11.1. The largest absolute Gasteiger partial charge is 0.391 e. The third-order valence-corrected chi connectivity index (χ3v) is 3.74. The molecule has 1 aromatic rings. The molecule has 0 bridgehead atoms. The number of aliphatic hydroxyl groups excluding tert-OH is 1. The maximum absolute atomic E-state index is 13.2. The highest BCUT2D eigenvalue weighted by Crippen LogP contribution is 2.37. The van der Waals surface area contributed by atoms with Gasteiger partial charge in [-0.05, 0) is 38.0 Å². The Kier molecular flexibility index (Phi) is 4.22. The van der Waals surface area contributed by atoms with Crippen LogP contribution in [0.25, 0.3) is 0 Å². The summed E-state index contributed by atoms with van der Waals surface area (Å²) < 4.78 is 51.1. The summed E-state index contributed by atoms with van der Waals surface area (Å²) in [6.07, 6.45) is -4.96. The number of piperidine rings is 1. The summed E-state index contributed by atoms with van der Waals surface area (Å²) in [5.41, 5.74) is 1.03. The van der Waals surface area contributed by atoms with Crippen molar-refractivity contribution in [3.8, 4) is 0 Å². The van der Waals surface area contributed by atoms with E-state index in [9.17, 15) is 22.7 Å². The first-order valence-corrected chi connectivity index (χ1v) is 6.58. The van der Waals surface area contributed by atoms with E-state index in [1.807, 2.05) is 0 Å². The first kappa shape index (κ1) is 15.1. The zero-order chi connectivity index (χ0) is 14.9. The lowest BCUT2D eigenvalue weighted by molar-refractivity contribution is -0.179. The Hall–Kier alpha value is -1.30. The molecule has 2 nitrogen and oxygen atoms in total. The summed E-state index contributed by atoms with van der Waals surface area (Å²) >= 11 is 0. The molecule has 0 aliphatic carbocycles. The van der Waals surface area contributed by atoms with Crippen molar-refractivity contribution in [2.24, 2.45) is 5.92 Å². The Balaban J connectivity index is 2.15. The minimum absolute atomic E-state index is 0.0279. The molecule has 0 radical (unpaired) electrons. The van der Waals surface area contributed by atoms with Gasteiger partial charge in [-0.15, -0.1) is 0 Å². The van der Waals surface area contributed by atoms with Gasteiger partial charge < -0.3 is 10.0 Å². The summed E-state index contributed by atoms with van der Waals surface area (Å²) in [7, 11) is 0. The summed E-state index contributed by atoms with van der Waals surface area (Å²) in [5.74, 6) is -1.73. The first-order valence-electron chi connectivity index (χ1n) is 6.58. The van der Waals surface area contributed by atoms with Crippen LogP contribution in [-0.4, -0.2) is 24.4 Å². The lowest BCUT2D eigenvalue weighted by Gasteiger charge is -2.35. The molecule has 1 aromatic carbocycles. The highest BCUT2D eigenvalue weighted by Gasteiger charge is 2.41. The van der Waals surface area contributed by atoms with E-state index in [0.717, 1.165) is 0 Å². The van der Waals surface area contributed by atoms with Crippen LogP contribution in [0.3, 0.4) is 0 Å². The van der Waals surface area contributed by atoms with Crippen molar-refractivity contribution in [2.75, 3.05) is 18.0 Å². The highest BCUT2D eigenvalue weighted by molar-refractivity contribution is 5.55. The molecule has 20 heavy (non-hydrogen) atoms. The van der Waals surface area contributed by atoms with E-state index in [1.165, 1.54) is 25.1 Å². The zero-order valence-corrected chi connectivity index (χ0v) is 11.1. The molecule has 6 heteroatoms. The molecule has 1 fully saturated rings. The highest BCUT2D eigenvalue weighted by atomic mass is 19.4. The Morgan fingerprint density at radius 2 is 1.85 bits per heavy atom. The van der Waals surface area contributed by atoms with E-state index in [4.69, 9.17) is 0 Å².